The van der Waals surface area contributed by atoms with E-state index in [0.29, 0.717) is 11.3 Å². The molecule has 0 unspecified atom stereocenters. The quantitative estimate of drug-likeness (QED) is 0.258. The second kappa shape index (κ2) is 3.89. The average Bonchev–Trinajstić information content (AvgIpc) is 1.98. The normalized spacial score (nSPS) is 10.8. The van der Waals surface area contributed by atoms with Crippen LogP contribution in [0.5, 0.6) is 0 Å². The summed E-state index contributed by atoms with van der Waals surface area (Å²) >= 11 is 0. The van der Waals surface area contributed by atoms with E-state index in [1.54, 1.807) is 12.1 Å². The summed E-state index contributed by atoms with van der Waals surface area (Å²) in [5, 5.41) is 0. The van der Waals surface area contributed by atoms with Gasteiger partial charge in [-0.05, 0) is 6.07 Å². The van der Waals surface area contributed by atoms with Gasteiger partial charge in [-0.25, -0.2) is 0 Å². The molecule has 0 aliphatic heterocycles. The van der Waals surface area contributed by atoms with Crippen LogP contribution in [0.1, 0.15) is 5.56 Å². The summed E-state index contributed by atoms with van der Waals surface area (Å²) in [6, 6.07) is 3.11. The Balaban J connectivity index is 0.00000169. The number of hydrogen-bond donors (Lipinski definition) is 6. The number of nitrogen functional groups attached to an aromatic ring is 3. The highest BCUT2D eigenvalue weighted by molar-refractivity contribution is 5.85. The molecule has 0 aromatic heterocycles. The monoisotopic (exact) mass is 218 g/mol. The van der Waals surface area contributed by atoms with Gasteiger partial charge in [0.2, 0.25) is 0 Å². The van der Waals surface area contributed by atoms with Gasteiger partial charge >= 0.3 is 0 Å². The number of hydrogen-bond acceptors (Lipinski definition) is 6. The molecule has 1 aromatic carbocycles. The van der Waals surface area contributed by atoms with E-state index in [1.165, 1.54) is 0 Å². The van der Waals surface area contributed by atoms with Gasteiger partial charge in [0.15, 0.2) is 0 Å². The van der Waals surface area contributed by atoms with Crippen molar-refractivity contribution in [1.82, 2.24) is 0 Å². The third kappa shape index (κ3) is 2.18. The van der Waals surface area contributed by atoms with Crippen molar-refractivity contribution < 1.29 is 0 Å². The van der Waals surface area contributed by atoms with E-state index in [0.717, 1.165) is 0 Å². The molecule has 0 aliphatic carbocycles. The van der Waals surface area contributed by atoms with Crippen LogP contribution in [0, 0.1) is 0 Å². The SMILES string of the molecule is Cl.Nc1ccc(C(N)(N)N)c(N)c1N. The van der Waals surface area contributed by atoms with Crippen molar-refractivity contribution in [3.63, 3.8) is 0 Å². The molecule has 0 amide bonds. The zero-order valence-electron chi connectivity index (χ0n) is 7.53. The van der Waals surface area contributed by atoms with Crippen LogP contribution < -0.4 is 34.4 Å². The Hall–Kier alpha value is -1.21. The topological polar surface area (TPSA) is 156 Å². The minimum atomic E-state index is -1.49. The molecule has 1 rings (SSSR count). The Morgan fingerprint density at radius 1 is 0.857 bits per heavy atom. The highest BCUT2D eigenvalue weighted by atomic mass is 35.5. The first-order chi connectivity index (χ1) is 5.84. The van der Waals surface area contributed by atoms with Gasteiger partial charge < -0.3 is 17.2 Å². The molecule has 14 heavy (non-hydrogen) atoms. The van der Waals surface area contributed by atoms with Crippen molar-refractivity contribution in [2.45, 2.75) is 5.79 Å². The molecular weight excluding hydrogens is 204 g/mol. The molecule has 0 aliphatic rings. The molecule has 0 heterocycles. The van der Waals surface area contributed by atoms with Gasteiger partial charge in [-0.1, -0.05) is 6.07 Å². The minimum absolute atomic E-state index is 0. The Labute approximate surface area is 88.0 Å². The van der Waals surface area contributed by atoms with Gasteiger partial charge in [0.25, 0.3) is 0 Å². The maximum absolute atomic E-state index is 5.62. The molecule has 0 bridgehead atoms. The highest BCUT2D eigenvalue weighted by Gasteiger charge is 2.20. The van der Waals surface area contributed by atoms with Gasteiger partial charge in [0.1, 0.15) is 5.79 Å². The third-order valence-electron chi connectivity index (χ3n) is 1.79. The zero-order valence-corrected chi connectivity index (χ0v) is 8.34. The van der Waals surface area contributed by atoms with E-state index in [-0.39, 0.29) is 23.8 Å². The minimum Gasteiger partial charge on any atom is -0.397 e. The van der Waals surface area contributed by atoms with E-state index in [2.05, 4.69) is 0 Å². The molecule has 80 valence electrons. The summed E-state index contributed by atoms with van der Waals surface area (Å²) in [7, 11) is 0. The molecule has 1 aromatic rings. The molecule has 0 spiro atoms. The molecule has 7 heteroatoms. The van der Waals surface area contributed by atoms with E-state index >= 15 is 0 Å². The van der Waals surface area contributed by atoms with E-state index in [9.17, 15) is 0 Å². The number of nitrogens with two attached hydrogens (primary N) is 6. The van der Waals surface area contributed by atoms with Crippen molar-refractivity contribution in [3.05, 3.63) is 17.7 Å². The standard InChI is InChI=1S/C7H14N6.ClH/c8-4-2-1-3(7(11,12)13)5(9)6(4)10;/h1-2H,8-13H2;1H. The van der Waals surface area contributed by atoms with Gasteiger partial charge in [0.05, 0.1) is 17.1 Å². The first-order valence-corrected chi connectivity index (χ1v) is 3.64. The number of halogens is 1. The first-order valence-electron chi connectivity index (χ1n) is 3.64. The van der Waals surface area contributed by atoms with Crippen LogP contribution in [-0.2, 0) is 5.79 Å². The lowest BCUT2D eigenvalue weighted by molar-refractivity contribution is 0.491. The van der Waals surface area contributed by atoms with Gasteiger partial charge in [-0.15, -0.1) is 12.4 Å². The van der Waals surface area contributed by atoms with Gasteiger partial charge in [-0.2, -0.15) is 0 Å². The Bertz CT molecular complexity index is 332. The fourth-order valence-electron chi connectivity index (χ4n) is 1.03. The molecular formula is C7H15ClN6. The predicted octanol–water partition coefficient (Wildman–Crippen LogP) is -1.16. The van der Waals surface area contributed by atoms with Crippen LogP contribution in [0.25, 0.3) is 0 Å². The van der Waals surface area contributed by atoms with Crippen LogP contribution in [0.3, 0.4) is 0 Å². The van der Waals surface area contributed by atoms with E-state index < -0.39 is 5.79 Å². The molecule has 0 atom stereocenters. The third-order valence-corrected chi connectivity index (χ3v) is 1.79. The maximum atomic E-state index is 5.62. The number of anilines is 3. The number of rotatable bonds is 1. The van der Waals surface area contributed by atoms with Crippen molar-refractivity contribution in [3.8, 4) is 0 Å². The zero-order chi connectivity index (χ0) is 10.2. The summed E-state index contributed by atoms with van der Waals surface area (Å²) in [4.78, 5) is 0. The molecule has 12 N–H and O–H groups in total. The second-order valence-corrected chi connectivity index (χ2v) is 2.96. The van der Waals surface area contributed by atoms with Crippen LogP contribution in [0.15, 0.2) is 12.1 Å². The lowest BCUT2D eigenvalue weighted by Crippen LogP contribution is -2.54. The molecule has 6 nitrogen and oxygen atoms in total. The average molecular weight is 219 g/mol. The summed E-state index contributed by atoms with van der Waals surface area (Å²) in [5.74, 6) is -1.49. The van der Waals surface area contributed by atoms with E-state index in [4.69, 9.17) is 34.4 Å². The fraction of sp³-hybridized carbons (Fsp3) is 0.143. The fourth-order valence-corrected chi connectivity index (χ4v) is 1.03. The molecule has 0 fully saturated rings. The first kappa shape index (κ1) is 12.8. The second-order valence-electron chi connectivity index (χ2n) is 2.96. The maximum Gasteiger partial charge on any atom is 0.144 e. The molecule has 0 saturated carbocycles. The predicted molar refractivity (Wildman–Crippen MR) is 61.2 cm³/mol. The Kier molecular flexibility index (Phi) is 3.55. The summed E-state index contributed by atoms with van der Waals surface area (Å²) in [6.45, 7) is 0. The van der Waals surface area contributed by atoms with Gasteiger partial charge in [0, 0.05) is 5.56 Å². The van der Waals surface area contributed by atoms with Crippen LogP contribution in [0.2, 0.25) is 0 Å². The van der Waals surface area contributed by atoms with Crippen molar-refractivity contribution in [1.29, 1.82) is 0 Å². The smallest absolute Gasteiger partial charge is 0.144 e. The summed E-state index contributed by atoms with van der Waals surface area (Å²) < 4.78 is 0. The lowest BCUT2D eigenvalue weighted by atomic mass is 10.1. The Morgan fingerprint density at radius 2 is 1.36 bits per heavy atom. The summed E-state index contributed by atoms with van der Waals surface area (Å²) in [5.41, 5.74) is 34.3. The van der Waals surface area contributed by atoms with Crippen LogP contribution >= 0.6 is 12.4 Å². The van der Waals surface area contributed by atoms with Crippen LogP contribution in [-0.4, -0.2) is 0 Å². The molecule has 0 radical (unpaired) electrons. The van der Waals surface area contributed by atoms with Crippen molar-refractivity contribution >= 4 is 29.5 Å². The van der Waals surface area contributed by atoms with Crippen LogP contribution in [0.4, 0.5) is 17.1 Å². The van der Waals surface area contributed by atoms with Crippen molar-refractivity contribution in [2.75, 3.05) is 17.2 Å². The van der Waals surface area contributed by atoms with Crippen molar-refractivity contribution in [2.24, 2.45) is 17.2 Å². The lowest BCUT2D eigenvalue weighted by Gasteiger charge is -2.22. The van der Waals surface area contributed by atoms with E-state index in [1.807, 2.05) is 0 Å². The molecule has 0 saturated heterocycles. The Morgan fingerprint density at radius 3 is 1.79 bits per heavy atom. The summed E-state index contributed by atoms with van der Waals surface area (Å²) in [6.07, 6.45) is 0. The van der Waals surface area contributed by atoms with Gasteiger partial charge in [-0.3, -0.25) is 17.2 Å². The number of benzene rings is 1. The largest absolute Gasteiger partial charge is 0.397 e. The highest BCUT2D eigenvalue weighted by Crippen LogP contribution is 2.28.